The van der Waals surface area contributed by atoms with Crippen molar-refractivity contribution in [3.63, 3.8) is 0 Å². The molecule has 0 saturated carbocycles. The van der Waals surface area contributed by atoms with Crippen LogP contribution in [0.3, 0.4) is 0 Å². The van der Waals surface area contributed by atoms with Crippen LogP contribution in [0.2, 0.25) is 0 Å². The summed E-state index contributed by atoms with van der Waals surface area (Å²) in [7, 11) is 0. The maximum absolute atomic E-state index is 11.5. The number of aliphatic carboxylic acids is 1. The third-order valence-electron chi connectivity index (χ3n) is 3.48. The summed E-state index contributed by atoms with van der Waals surface area (Å²) in [5.74, 6) is -1.27. The van der Waals surface area contributed by atoms with Crippen molar-refractivity contribution in [1.29, 1.82) is 0 Å². The summed E-state index contributed by atoms with van der Waals surface area (Å²) in [6.07, 6.45) is -6.45. The van der Waals surface area contributed by atoms with Crippen LogP contribution in [-0.4, -0.2) is 68.4 Å². The van der Waals surface area contributed by atoms with Crippen LogP contribution in [0, 0.1) is 0 Å². The third kappa shape index (κ3) is 5.30. The Morgan fingerprint density at radius 3 is 2.09 bits per heavy atom. The maximum Gasteiger partial charge on any atom is 0.335 e. The minimum atomic E-state index is -1.42. The molecule has 23 heavy (non-hydrogen) atoms. The second kappa shape index (κ2) is 7.25. The molecule has 0 bridgehead atoms. The second-order valence-electron chi connectivity index (χ2n) is 7.31. The van der Waals surface area contributed by atoms with Gasteiger partial charge in [-0.2, -0.15) is 0 Å². The number of rotatable bonds is 5. The fraction of sp³-hybridized carbons (Fsp3) is 0.933. The lowest BCUT2D eigenvalue weighted by Gasteiger charge is -2.48. The number of thiol groups is 1. The molecule has 4 unspecified atom stereocenters. The SMILES string of the molecule is CC(S)OC(C)(C)[C@@H]1OC(C(=O)O)[C@@H](OC(C)(C)C)C(O)C1O. The number of hydrogen-bond acceptors (Lipinski definition) is 7. The number of aliphatic hydroxyl groups is 2. The monoisotopic (exact) mass is 352 g/mol. The van der Waals surface area contributed by atoms with Gasteiger partial charge in [-0.3, -0.25) is 0 Å². The highest BCUT2D eigenvalue weighted by Gasteiger charge is 2.54. The summed E-state index contributed by atoms with van der Waals surface area (Å²) in [4.78, 5) is 11.5. The first-order valence-corrected chi connectivity index (χ1v) is 8.06. The second-order valence-corrected chi connectivity index (χ2v) is 8.04. The predicted molar refractivity (Wildman–Crippen MR) is 86.5 cm³/mol. The van der Waals surface area contributed by atoms with Crippen LogP contribution < -0.4 is 0 Å². The largest absolute Gasteiger partial charge is 0.479 e. The van der Waals surface area contributed by atoms with E-state index in [0.29, 0.717) is 0 Å². The molecule has 1 heterocycles. The Kier molecular flexibility index (Phi) is 6.51. The molecule has 1 aliphatic rings. The van der Waals surface area contributed by atoms with Gasteiger partial charge in [0.05, 0.1) is 16.6 Å². The normalized spacial score (nSPS) is 34.2. The van der Waals surface area contributed by atoms with Gasteiger partial charge in [0.2, 0.25) is 0 Å². The van der Waals surface area contributed by atoms with Gasteiger partial charge in [-0.1, -0.05) is 0 Å². The van der Waals surface area contributed by atoms with E-state index in [-0.39, 0.29) is 0 Å². The molecule has 0 aromatic rings. The van der Waals surface area contributed by atoms with Crippen LogP contribution in [0.25, 0.3) is 0 Å². The molecule has 0 aliphatic carbocycles. The topological polar surface area (TPSA) is 105 Å². The van der Waals surface area contributed by atoms with Gasteiger partial charge in [-0.05, 0) is 41.5 Å². The van der Waals surface area contributed by atoms with Crippen molar-refractivity contribution in [2.75, 3.05) is 0 Å². The minimum Gasteiger partial charge on any atom is -0.479 e. The van der Waals surface area contributed by atoms with E-state index in [4.69, 9.17) is 14.2 Å². The minimum absolute atomic E-state index is 0.454. The molecule has 3 N–H and O–H groups in total. The summed E-state index contributed by atoms with van der Waals surface area (Å²) in [5.41, 5.74) is -2.21. The van der Waals surface area contributed by atoms with Crippen molar-refractivity contribution in [2.45, 2.75) is 88.7 Å². The average molecular weight is 352 g/mol. The lowest BCUT2D eigenvalue weighted by molar-refractivity contribution is -0.285. The van der Waals surface area contributed by atoms with Crippen LogP contribution >= 0.6 is 12.6 Å². The van der Waals surface area contributed by atoms with Crippen molar-refractivity contribution in [1.82, 2.24) is 0 Å². The van der Waals surface area contributed by atoms with Crippen molar-refractivity contribution >= 4 is 18.6 Å². The van der Waals surface area contributed by atoms with E-state index in [1.165, 1.54) is 0 Å². The number of carbonyl (C=O) groups is 1. The molecule has 136 valence electrons. The first-order chi connectivity index (χ1) is 10.3. The lowest BCUT2D eigenvalue weighted by Crippen LogP contribution is -2.66. The van der Waals surface area contributed by atoms with Crippen molar-refractivity contribution in [3.05, 3.63) is 0 Å². The highest BCUT2D eigenvalue weighted by molar-refractivity contribution is 7.80. The molecule has 1 saturated heterocycles. The Labute approximate surface area is 142 Å². The quantitative estimate of drug-likeness (QED) is 0.429. The molecule has 0 spiro atoms. The van der Waals surface area contributed by atoms with Gasteiger partial charge in [0.1, 0.15) is 24.4 Å². The number of carboxylic acids is 1. The Bertz CT molecular complexity index is 419. The predicted octanol–water partition coefficient (Wildman–Crippen LogP) is 0.815. The molecular formula is C15H28O7S. The van der Waals surface area contributed by atoms with Crippen molar-refractivity contribution < 1.29 is 34.3 Å². The number of carboxylic acid groups (broad SMARTS) is 1. The van der Waals surface area contributed by atoms with Crippen molar-refractivity contribution in [3.8, 4) is 0 Å². The van der Waals surface area contributed by atoms with E-state index in [1.807, 2.05) is 0 Å². The smallest absolute Gasteiger partial charge is 0.335 e. The Morgan fingerprint density at radius 1 is 1.17 bits per heavy atom. The number of ether oxygens (including phenoxy) is 3. The van der Waals surface area contributed by atoms with Gasteiger partial charge in [0.25, 0.3) is 0 Å². The van der Waals surface area contributed by atoms with Gasteiger partial charge in [0, 0.05) is 0 Å². The van der Waals surface area contributed by atoms with Gasteiger partial charge in [-0.25, -0.2) is 4.79 Å². The molecule has 7 nitrogen and oxygen atoms in total. The Hall–Kier alpha value is -0.380. The molecule has 1 fully saturated rings. The van der Waals surface area contributed by atoms with Crippen LogP contribution in [0.1, 0.15) is 41.5 Å². The molecule has 0 radical (unpaired) electrons. The van der Waals surface area contributed by atoms with E-state index in [2.05, 4.69) is 12.6 Å². The van der Waals surface area contributed by atoms with Crippen LogP contribution in [0.4, 0.5) is 0 Å². The van der Waals surface area contributed by atoms with Gasteiger partial charge >= 0.3 is 5.97 Å². The molecule has 8 heteroatoms. The van der Waals surface area contributed by atoms with Crippen LogP contribution in [0.5, 0.6) is 0 Å². The zero-order valence-electron chi connectivity index (χ0n) is 14.4. The van der Waals surface area contributed by atoms with E-state index in [9.17, 15) is 20.1 Å². The van der Waals surface area contributed by atoms with Gasteiger partial charge in [-0.15, -0.1) is 12.6 Å². The standard InChI is InChI=1S/C15H28O7S/c1-7(23)21-15(5,6)12-9(17)8(16)10(22-14(2,3)4)11(20-12)13(18)19/h7-12,16-17,23H,1-6H3,(H,18,19)/t7?,8?,9?,10-,11?,12+/m0/s1. The first-order valence-electron chi connectivity index (χ1n) is 7.54. The average Bonchev–Trinajstić information content (AvgIpc) is 2.31. The fourth-order valence-corrected chi connectivity index (χ4v) is 2.96. The molecule has 1 aliphatic heterocycles. The van der Waals surface area contributed by atoms with E-state index >= 15 is 0 Å². The summed E-state index contributed by atoms with van der Waals surface area (Å²) in [6, 6.07) is 0. The molecule has 0 aromatic heterocycles. The molecule has 0 amide bonds. The van der Waals surface area contributed by atoms with Crippen LogP contribution in [-0.2, 0) is 19.0 Å². The van der Waals surface area contributed by atoms with Crippen LogP contribution in [0.15, 0.2) is 0 Å². The zero-order chi connectivity index (χ0) is 18.2. The third-order valence-corrected chi connectivity index (χ3v) is 3.59. The van der Waals surface area contributed by atoms with Gasteiger partial charge < -0.3 is 29.5 Å². The summed E-state index contributed by atoms with van der Waals surface area (Å²) < 4.78 is 16.8. The Balaban J connectivity index is 3.08. The maximum atomic E-state index is 11.5. The molecule has 6 atom stereocenters. The van der Waals surface area contributed by atoms with E-state index in [0.717, 1.165) is 0 Å². The van der Waals surface area contributed by atoms with Gasteiger partial charge in [0.15, 0.2) is 6.10 Å². The first kappa shape index (κ1) is 20.7. The lowest BCUT2D eigenvalue weighted by atomic mass is 9.86. The summed E-state index contributed by atoms with van der Waals surface area (Å²) in [5, 5.41) is 30.2. The molecule has 1 rings (SSSR count). The molecule has 0 aromatic carbocycles. The zero-order valence-corrected chi connectivity index (χ0v) is 15.3. The van der Waals surface area contributed by atoms with E-state index < -0.39 is 53.1 Å². The van der Waals surface area contributed by atoms with Crippen molar-refractivity contribution in [2.24, 2.45) is 0 Å². The Morgan fingerprint density at radius 2 is 1.70 bits per heavy atom. The fourth-order valence-electron chi connectivity index (χ4n) is 2.69. The highest BCUT2D eigenvalue weighted by Crippen LogP contribution is 2.34. The summed E-state index contributed by atoms with van der Waals surface area (Å²) >= 11 is 4.14. The highest BCUT2D eigenvalue weighted by atomic mass is 32.1. The summed E-state index contributed by atoms with van der Waals surface area (Å²) in [6.45, 7) is 10.2. The number of aliphatic hydroxyl groups excluding tert-OH is 2. The van der Waals surface area contributed by atoms with E-state index in [1.54, 1.807) is 41.5 Å². The molecular weight excluding hydrogens is 324 g/mol. The number of hydrogen-bond donors (Lipinski definition) is 4.